The molecule has 4 nitrogen and oxygen atoms in total. The summed E-state index contributed by atoms with van der Waals surface area (Å²) in [5.41, 5.74) is 2.93. The zero-order valence-corrected chi connectivity index (χ0v) is 22.0. The summed E-state index contributed by atoms with van der Waals surface area (Å²) >= 11 is 0. The Hall–Kier alpha value is -4.93. The first-order valence-electron chi connectivity index (χ1n) is 13.2. The van der Waals surface area contributed by atoms with Gasteiger partial charge in [0.05, 0.1) is 13.2 Å². The summed E-state index contributed by atoms with van der Waals surface area (Å²) in [5, 5.41) is 15.4. The van der Waals surface area contributed by atoms with E-state index in [2.05, 4.69) is 6.07 Å². The Bertz CT molecular complexity index is 1790. The Morgan fingerprint density at radius 2 is 1.05 bits per heavy atom. The van der Waals surface area contributed by atoms with Crippen LogP contribution in [-0.4, -0.2) is 18.2 Å². The van der Waals surface area contributed by atoms with Crippen LogP contribution in [0.25, 0.3) is 32.7 Å². The van der Waals surface area contributed by atoms with E-state index in [1.165, 1.54) is 0 Å². The topological polar surface area (TPSA) is 55.8 Å². The molecule has 196 valence electrons. The van der Waals surface area contributed by atoms with E-state index >= 15 is 0 Å². The molecule has 40 heavy (non-hydrogen) atoms. The van der Waals surface area contributed by atoms with Crippen molar-refractivity contribution in [3.05, 3.63) is 145 Å². The summed E-state index contributed by atoms with van der Waals surface area (Å²) < 4.78 is 12.1. The maximum atomic E-state index is 14.1. The second-order valence-electron chi connectivity index (χ2n) is 9.69. The van der Waals surface area contributed by atoms with Crippen LogP contribution in [0.4, 0.5) is 0 Å². The lowest BCUT2D eigenvalue weighted by Gasteiger charge is -2.24. The van der Waals surface area contributed by atoms with Crippen molar-refractivity contribution < 1.29 is 19.4 Å². The van der Waals surface area contributed by atoms with E-state index < -0.39 is 18.0 Å². The maximum absolute atomic E-state index is 14.1. The number of fused-ring (bicyclic) bond motifs is 2. The molecule has 6 rings (SSSR count). The van der Waals surface area contributed by atoms with Gasteiger partial charge in [0.1, 0.15) is 17.4 Å². The van der Waals surface area contributed by atoms with Crippen molar-refractivity contribution in [1.29, 1.82) is 0 Å². The number of ether oxygens (including phenoxy) is 2. The fraction of sp³-hybridized carbons (Fsp3) is 0.0833. The lowest BCUT2D eigenvalue weighted by Crippen LogP contribution is -2.25. The number of hydrogen-bond donors (Lipinski definition) is 1. The summed E-state index contributed by atoms with van der Waals surface area (Å²) in [6, 6.07) is 42.3. The summed E-state index contributed by atoms with van der Waals surface area (Å²) in [6.07, 6.45) is -1.09. The second-order valence-corrected chi connectivity index (χ2v) is 9.69. The van der Waals surface area contributed by atoms with Crippen molar-refractivity contribution in [3.63, 3.8) is 0 Å². The minimum absolute atomic E-state index is 0.402. The van der Waals surface area contributed by atoms with Crippen molar-refractivity contribution in [2.45, 2.75) is 12.0 Å². The molecule has 0 bridgehead atoms. The minimum Gasteiger partial charge on any atom is -0.496 e. The molecule has 0 saturated heterocycles. The number of esters is 1. The van der Waals surface area contributed by atoms with Gasteiger partial charge in [-0.1, -0.05) is 121 Å². The molecular weight excluding hydrogens is 496 g/mol. The number of rotatable bonds is 7. The molecule has 1 N–H and O–H groups in total. The molecule has 2 atom stereocenters. The normalized spacial score (nSPS) is 12.7. The molecule has 4 heteroatoms. The largest absolute Gasteiger partial charge is 0.496 e. The summed E-state index contributed by atoms with van der Waals surface area (Å²) in [6.45, 7) is 0. The quantitative estimate of drug-likeness (QED) is 0.169. The molecule has 0 aliphatic carbocycles. The third kappa shape index (κ3) is 4.70. The van der Waals surface area contributed by atoms with E-state index in [9.17, 15) is 9.90 Å². The van der Waals surface area contributed by atoms with E-state index in [1.807, 2.05) is 127 Å². The molecule has 0 radical (unpaired) electrons. The molecule has 0 amide bonds. The summed E-state index contributed by atoms with van der Waals surface area (Å²) in [5.74, 6) is -0.397. The van der Waals surface area contributed by atoms with Crippen LogP contribution < -0.4 is 9.47 Å². The van der Waals surface area contributed by atoms with Gasteiger partial charge in [0.25, 0.3) is 0 Å². The van der Waals surface area contributed by atoms with Crippen molar-refractivity contribution in [2.24, 2.45) is 0 Å². The summed E-state index contributed by atoms with van der Waals surface area (Å²) in [7, 11) is 1.64. The predicted octanol–water partition coefficient (Wildman–Crippen LogP) is 8.09. The number of carbonyl (C=O) groups is 1. The fourth-order valence-electron chi connectivity index (χ4n) is 5.40. The third-order valence-corrected chi connectivity index (χ3v) is 7.33. The predicted molar refractivity (Wildman–Crippen MR) is 160 cm³/mol. The number of methoxy groups -OCH3 is 1. The lowest BCUT2D eigenvalue weighted by atomic mass is 9.89. The lowest BCUT2D eigenvalue weighted by molar-refractivity contribution is -0.139. The van der Waals surface area contributed by atoms with E-state index in [0.717, 1.165) is 32.7 Å². The minimum atomic E-state index is -1.09. The fourth-order valence-corrected chi connectivity index (χ4v) is 5.40. The standard InChI is InChI=1S/C36H28O4/c1-39-30-22-20-24-12-8-10-18-28(24)33(30)34-29-19-11-9-13-25(29)21-23-31(34)40-36(38)32(26-14-4-2-5-15-26)35(37)27-16-6-3-7-17-27/h2-23,32,35,37H,1H3. The Morgan fingerprint density at radius 3 is 1.62 bits per heavy atom. The average Bonchev–Trinajstić information content (AvgIpc) is 3.01. The molecular formula is C36H28O4. The van der Waals surface area contributed by atoms with Crippen LogP contribution in [-0.2, 0) is 4.79 Å². The highest BCUT2D eigenvalue weighted by atomic mass is 16.5. The van der Waals surface area contributed by atoms with Gasteiger partial charge in [0, 0.05) is 11.1 Å². The van der Waals surface area contributed by atoms with Crippen LogP contribution in [0, 0.1) is 0 Å². The van der Waals surface area contributed by atoms with Crippen LogP contribution in [0.1, 0.15) is 23.1 Å². The van der Waals surface area contributed by atoms with Crippen LogP contribution in [0.2, 0.25) is 0 Å². The van der Waals surface area contributed by atoms with Gasteiger partial charge >= 0.3 is 5.97 Å². The van der Waals surface area contributed by atoms with Crippen LogP contribution >= 0.6 is 0 Å². The number of carbonyl (C=O) groups excluding carboxylic acids is 1. The average molecular weight is 525 g/mol. The number of aliphatic hydroxyl groups excluding tert-OH is 1. The van der Waals surface area contributed by atoms with Gasteiger partial charge in [-0.2, -0.15) is 0 Å². The van der Waals surface area contributed by atoms with Crippen molar-refractivity contribution in [3.8, 4) is 22.6 Å². The number of hydrogen-bond acceptors (Lipinski definition) is 4. The highest BCUT2D eigenvalue weighted by molar-refractivity contribution is 6.10. The number of aliphatic hydroxyl groups is 1. The zero-order chi connectivity index (χ0) is 27.5. The highest BCUT2D eigenvalue weighted by Crippen LogP contribution is 2.46. The SMILES string of the molecule is COc1ccc2ccccc2c1-c1c(OC(=O)C(c2ccccc2)C(O)c2ccccc2)ccc2ccccc12. The van der Waals surface area contributed by atoms with Crippen molar-refractivity contribution in [1.82, 2.24) is 0 Å². The third-order valence-electron chi connectivity index (χ3n) is 7.33. The van der Waals surface area contributed by atoms with E-state index in [1.54, 1.807) is 7.11 Å². The Balaban J connectivity index is 1.53. The molecule has 2 unspecified atom stereocenters. The van der Waals surface area contributed by atoms with Gasteiger partial charge in [0.2, 0.25) is 0 Å². The zero-order valence-electron chi connectivity index (χ0n) is 22.0. The monoisotopic (exact) mass is 524 g/mol. The Kier molecular flexibility index (Phi) is 7.00. The van der Waals surface area contributed by atoms with Gasteiger partial charge in [-0.05, 0) is 44.8 Å². The molecule has 6 aromatic rings. The molecule has 0 saturated carbocycles. The Labute approximate surface area is 233 Å². The van der Waals surface area contributed by atoms with Crippen LogP contribution in [0.15, 0.2) is 133 Å². The molecule has 0 aliphatic heterocycles. The van der Waals surface area contributed by atoms with Crippen LogP contribution in [0.5, 0.6) is 11.5 Å². The molecule has 0 spiro atoms. The smallest absolute Gasteiger partial charge is 0.321 e. The molecule has 6 aromatic carbocycles. The molecule has 0 aliphatic rings. The van der Waals surface area contributed by atoms with Crippen molar-refractivity contribution >= 4 is 27.5 Å². The Morgan fingerprint density at radius 1 is 0.575 bits per heavy atom. The van der Waals surface area contributed by atoms with E-state index in [0.29, 0.717) is 22.6 Å². The molecule has 0 aromatic heterocycles. The summed E-state index contributed by atoms with van der Waals surface area (Å²) in [4.78, 5) is 14.1. The van der Waals surface area contributed by atoms with Gasteiger partial charge in [-0.25, -0.2) is 0 Å². The molecule has 0 fully saturated rings. The van der Waals surface area contributed by atoms with Gasteiger partial charge in [0.15, 0.2) is 0 Å². The van der Waals surface area contributed by atoms with Gasteiger partial charge < -0.3 is 14.6 Å². The van der Waals surface area contributed by atoms with Gasteiger partial charge in [-0.3, -0.25) is 4.79 Å². The second kappa shape index (κ2) is 11.0. The first kappa shape index (κ1) is 25.4. The first-order valence-corrected chi connectivity index (χ1v) is 13.2. The molecule has 0 heterocycles. The van der Waals surface area contributed by atoms with Crippen molar-refractivity contribution in [2.75, 3.05) is 7.11 Å². The highest BCUT2D eigenvalue weighted by Gasteiger charge is 2.32. The number of benzene rings is 6. The maximum Gasteiger partial charge on any atom is 0.321 e. The van der Waals surface area contributed by atoms with E-state index in [4.69, 9.17) is 9.47 Å². The van der Waals surface area contributed by atoms with Gasteiger partial charge in [-0.15, -0.1) is 0 Å². The first-order chi connectivity index (χ1) is 19.7. The van der Waals surface area contributed by atoms with Crippen LogP contribution in [0.3, 0.4) is 0 Å². The van der Waals surface area contributed by atoms with E-state index in [-0.39, 0.29) is 0 Å².